The number of amides is 2. The molecule has 2 aromatic rings. The lowest BCUT2D eigenvalue weighted by Crippen LogP contribution is -2.16. The molecule has 0 aliphatic heterocycles. The Morgan fingerprint density at radius 2 is 2.14 bits per heavy atom. The number of fused-ring (bicyclic) bond motifs is 1. The van der Waals surface area contributed by atoms with E-state index in [1.54, 1.807) is 12.3 Å². The number of primary amides is 1. The summed E-state index contributed by atoms with van der Waals surface area (Å²) in [4.78, 5) is 26.0. The van der Waals surface area contributed by atoms with E-state index >= 15 is 0 Å². The van der Waals surface area contributed by atoms with Gasteiger partial charge in [0.15, 0.2) is 0 Å². The molecule has 0 fully saturated rings. The topological polar surface area (TPSA) is 85.1 Å². The summed E-state index contributed by atoms with van der Waals surface area (Å²) in [6, 6.07) is 9.57. The summed E-state index contributed by atoms with van der Waals surface area (Å²) in [5, 5.41) is 2.58. The molecule has 1 aliphatic rings. The predicted molar refractivity (Wildman–Crippen MR) is 83.6 cm³/mol. The van der Waals surface area contributed by atoms with Gasteiger partial charge in [-0.3, -0.25) is 9.59 Å². The Balaban J connectivity index is 1.87. The van der Waals surface area contributed by atoms with Gasteiger partial charge in [0, 0.05) is 11.8 Å². The number of nitrogens with two attached hydrogens (primary N) is 1. The molecule has 0 bridgehead atoms. The van der Waals surface area contributed by atoms with Gasteiger partial charge in [0.1, 0.15) is 5.82 Å². The van der Waals surface area contributed by atoms with Gasteiger partial charge >= 0.3 is 0 Å². The van der Waals surface area contributed by atoms with Crippen LogP contribution in [0.1, 0.15) is 39.4 Å². The predicted octanol–water partition coefficient (Wildman–Crippen LogP) is 2.02. The molecule has 1 aliphatic carbocycles. The van der Waals surface area contributed by atoms with Crippen molar-refractivity contribution in [1.29, 1.82) is 0 Å². The van der Waals surface area contributed by atoms with E-state index in [9.17, 15) is 9.59 Å². The van der Waals surface area contributed by atoms with Crippen LogP contribution in [0.5, 0.6) is 0 Å². The minimum atomic E-state index is -0.397. The third-order valence-corrected chi connectivity index (χ3v) is 4.18. The van der Waals surface area contributed by atoms with Crippen LogP contribution < -0.4 is 11.1 Å². The van der Waals surface area contributed by atoms with Crippen molar-refractivity contribution in [3.8, 4) is 0 Å². The number of carbonyl (C=O) groups excluding carboxylic acids is 2. The highest BCUT2D eigenvalue weighted by Gasteiger charge is 2.21. The molecule has 0 saturated carbocycles. The number of anilines is 1. The highest BCUT2D eigenvalue weighted by molar-refractivity contribution is 5.93. The fourth-order valence-corrected chi connectivity index (χ4v) is 3.03. The van der Waals surface area contributed by atoms with Gasteiger partial charge in [-0.25, -0.2) is 4.98 Å². The molecule has 5 nitrogen and oxygen atoms in total. The average molecular weight is 295 g/mol. The zero-order valence-electron chi connectivity index (χ0n) is 12.1. The van der Waals surface area contributed by atoms with Crippen LogP contribution in [0, 0.1) is 0 Å². The first-order valence-electron chi connectivity index (χ1n) is 7.25. The maximum Gasteiger partial charge on any atom is 0.248 e. The Morgan fingerprint density at radius 1 is 1.27 bits per heavy atom. The number of nitrogens with zero attached hydrogens (tertiary/aromatic N) is 1. The third kappa shape index (κ3) is 2.83. The van der Waals surface area contributed by atoms with Gasteiger partial charge in [0.2, 0.25) is 12.3 Å². The maximum atomic E-state index is 11.3. The molecule has 112 valence electrons. The van der Waals surface area contributed by atoms with Crippen molar-refractivity contribution >= 4 is 18.1 Å². The number of benzene rings is 1. The molecule has 1 aromatic carbocycles. The highest BCUT2D eigenvalue weighted by Crippen LogP contribution is 2.33. The fraction of sp³-hybridized carbons (Fsp3) is 0.235. The standard InChI is InChI=1S/C17H17N3O2/c18-17(22)14-4-2-11-1-3-12(7-15(11)8-14)13-5-6-19-16(9-13)20-10-21/h2,4-6,8-10,12H,1,3,7H2,(H2,18,22)(H,19,20,21). The van der Waals surface area contributed by atoms with Crippen molar-refractivity contribution in [2.45, 2.75) is 25.2 Å². The molecule has 0 radical (unpaired) electrons. The Morgan fingerprint density at radius 3 is 2.91 bits per heavy atom. The molecule has 1 unspecified atom stereocenters. The summed E-state index contributed by atoms with van der Waals surface area (Å²) >= 11 is 0. The van der Waals surface area contributed by atoms with Crippen LogP contribution in [0.4, 0.5) is 5.82 Å². The molecule has 3 N–H and O–H groups in total. The summed E-state index contributed by atoms with van der Waals surface area (Å²) < 4.78 is 0. The number of hydrogen-bond acceptors (Lipinski definition) is 3. The van der Waals surface area contributed by atoms with E-state index in [1.807, 2.05) is 24.3 Å². The summed E-state index contributed by atoms with van der Waals surface area (Å²) in [6.07, 6.45) is 5.20. The Bertz CT molecular complexity index is 728. The van der Waals surface area contributed by atoms with Crippen molar-refractivity contribution in [3.63, 3.8) is 0 Å². The molecule has 22 heavy (non-hydrogen) atoms. The lowest BCUT2D eigenvalue weighted by Gasteiger charge is -2.25. The quantitative estimate of drug-likeness (QED) is 0.846. The molecule has 5 heteroatoms. The Kier molecular flexibility index (Phi) is 3.87. The van der Waals surface area contributed by atoms with Crippen LogP contribution >= 0.6 is 0 Å². The average Bonchev–Trinajstić information content (AvgIpc) is 2.54. The van der Waals surface area contributed by atoms with Gasteiger partial charge < -0.3 is 11.1 Å². The number of rotatable bonds is 4. The largest absolute Gasteiger partial charge is 0.366 e. The second-order valence-electron chi connectivity index (χ2n) is 5.52. The van der Waals surface area contributed by atoms with Gasteiger partial charge in [0.05, 0.1) is 0 Å². The van der Waals surface area contributed by atoms with E-state index in [0.29, 0.717) is 23.7 Å². The van der Waals surface area contributed by atoms with E-state index in [4.69, 9.17) is 5.73 Å². The van der Waals surface area contributed by atoms with Crippen molar-refractivity contribution in [1.82, 2.24) is 4.98 Å². The SMILES string of the molecule is NC(=O)c1ccc2c(c1)CC(c1ccnc(NC=O)c1)CC2. The van der Waals surface area contributed by atoms with Gasteiger partial charge in [-0.05, 0) is 66.1 Å². The lowest BCUT2D eigenvalue weighted by atomic mass is 9.80. The van der Waals surface area contributed by atoms with E-state index in [0.717, 1.165) is 24.8 Å². The minimum Gasteiger partial charge on any atom is -0.366 e. The van der Waals surface area contributed by atoms with Crippen LogP contribution in [0.25, 0.3) is 0 Å². The second-order valence-corrected chi connectivity index (χ2v) is 5.52. The molecular formula is C17H17N3O2. The maximum absolute atomic E-state index is 11.3. The van der Waals surface area contributed by atoms with E-state index < -0.39 is 5.91 Å². The number of nitrogens with one attached hydrogen (secondary N) is 1. The number of aryl methyl sites for hydroxylation is 1. The third-order valence-electron chi connectivity index (χ3n) is 4.18. The van der Waals surface area contributed by atoms with Gasteiger partial charge in [0.25, 0.3) is 0 Å². The number of pyridine rings is 1. The van der Waals surface area contributed by atoms with Crippen LogP contribution in [0.15, 0.2) is 36.5 Å². The van der Waals surface area contributed by atoms with E-state index in [1.165, 1.54) is 11.1 Å². The Labute approximate surface area is 128 Å². The van der Waals surface area contributed by atoms with E-state index in [-0.39, 0.29) is 0 Å². The van der Waals surface area contributed by atoms with Crippen molar-refractivity contribution in [2.24, 2.45) is 5.73 Å². The minimum absolute atomic E-state index is 0.353. The lowest BCUT2D eigenvalue weighted by molar-refractivity contribution is -0.105. The normalized spacial score (nSPS) is 16.6. The van der Waals surface area contributed by atoms with Gasteiger partial charge in [-0.1, -0.05) is 6.07 Å². The molecule has 1 atom stereocenters. The fourth-order valence-electron chi connectivity index (χ4n) is 3.03. The first-order valence-corrected chi connectivity index (χ1v) is 7.25. The molecule has 1 heterocycles. The first-order chi connectivity index (χ1) is 10.7. The van der Waals surface area contributed by atoms with Crippen molar-refractivity contribution in [2.75, 3.05) is 5.32 Å². The smallest absolute Gasteiger partial charge is 0.248 e. The van der Waals surface area contributed by atoms with Gasteiger partial charge in [-0.2, -0.15) is 0 Å². The molecule has 3 rings (SSSR count). The molecule has 0 saturated heterocycles. The second kappa shape index (κ2) is 5.97. The Hall–Kier alpha value is -2.69. The zero-order chi connectivity index (χ0) is 15.5. The summed E-state index contributed by atoms with van der Waals surface area (Å²) in [6.45, 7) is 0. The number of hydrogen-bond donors (Lipinski definition) is 2. The monoisotopic (exact) mass is 295 g/mol. The van der Waals surface area contributed by atoms with Crippen molar-refractivity contribution in [3.05, 3.63) is 58.8 Å². The van der Waals surface area contributed by atoms with Crippen molar-refractivity contribution < 1.29 is 9.59 Å². The molecule has 2 amide bonds. The van der Waals surface area contributed by atoms with Gasteiger partial charge in [-0.15, -0.1) is 0 Å². The molecule has 1 aromatic heterocycles. The van der Waals surface area contributed by atoms with Crippen LogP contribution in [0.3, 0.4) is 0 Å². The number of carbonyl (C=O) groups is 2. The van der Waals surface area contributed by atoms with Crippen LogP contribution in [0.2, 0.25) is 0 Å². The highest BCUT2D eigenvalue weighted by atomic mass is 16.1. The summed E-state index contributed by atoms with van der Waals surface area (Å²) in [5.41, 5.74) is 9.51. The van der Waals surface area contributed by atoms with Crippen LogP contribution in [-0.4, -0.2) is 17.3 Å². The zero-order valence-corrected chi connectivity index (χ0v) is 12.1. The summed E-state index contributed by atoms with van der Waals surface area (Å²) in [5.74, 6) is 0.515. The molecule has 0 spiro atoms. The number of aromatic nitrogens is 1. The summed E-state index contributed by atoms with van der Waals surface area (Å²) in [7, 11) is 0. The van der Waals surface area contributed by atoms with Crippen LogP contribution in [-0.2, 0) is 17.6 Å². The van der Waals surface area contributed by atoms with E-state index in [2.05, 4.69) is 10.3 Å². The molecular weight excluding hydrogens is 278 g/mol. The first kappa shape index (κ1) is 14.3.